The molecule has 1 aromatic rings. The van der Waals surface area contributed by atoms with Crippen molar-refractivity contribution in [3.63, 3.8) is 0 Å². The average Bonchev–Trinajstić information content (AvgIpc) is 2.62. The van der Waals surface area contributed by atoms with E-state index in [-0.39, 0.29) is 24.0 Å². The number of piperazine rings is 3. The van der Waals surface area contributed by atoms with Crippen molar-refractivity contribution in [1.82, 2.24) is 20.4 Å². The zero-order chi connectivity index (χ0) is 16.8. The Balaban J connectivity index is 0.00000225. The highest BCUT2D eigenvalue weighted by Gasteiger charge is 2.31. The van der Waals surface area contributed by atoms with E-state index in [0.717, 1.165) is 43.6 Å². The van der Waals surface area contributed by atoms with Crippen LogP contribution in [0.3, 0.4) is 0 Å². The van der Waals surface area contributed by atoms with E-state index in [1.54, 1.807) is 0 Å². The average molecular weight is 478 g/mol. The first-order valence-electron chi connectivity index (χ1n) is 8.97. The van der Waals surface area contributed by atoms with Gasteiger partial charge in [0.1, 0.15) is 0 Å². The Labute approximate surface area is 173 Å². The summed E-state index contributed by atoms with van der Waals surface area (Å²) in [6, 6.07) is 8.61. The maximum atomic E-state index is 5.93. The van der Waals surface area contributed by atoms with Crippen LogP contribution in [0.15, 0.2) is 29.3 Å². The fraction of sp³-hybridized carbons (Fsp3) is 0.611. The molecule has 1 aromatic carbocycles. The number of nitrogens with zero attached hydrogens (tertiary/aromatic N) is 3. The number of fused-ring (bicyclic) bond motifs is 3. The van der Waals surface area contributed by atoms with Gasteiger partial charge < -0.3 is 10.6 Å². The van der Waals surface area contributed by atoms with Crippen molar-refractivity contribution in [3.05, 3.63) is 34.9 Å². The molecule has 3 fully saturated rings. The zero-order valence-electron chi connectivity index (χ0n) is 14.9. The largest absolute Gasteiger partial charge is 0.357 e. The number of aliphatic imine (C=N–C) groups is 1. The van der Waals surface area contributed by atoms with Gasteiger partial charge in [-0.15, -0.1) is 24.0 Å². The molecular formula is C18H29ClIN5. The molecule has 0 radical (unpaired) electrons. The molecule has 3 aliphatic rings. The molecule has 4 rings (SSSR count). The Kier molecular flexibility index (Phi) is 8.75. The van der Waals surface area contributed by atoms with E-state index in [4.69, 9.17) is 16.6 Å². The van der Waals surface area contributed by atoms with Crippen LogP contribution in [0.1, 0.15) is 12.5 Å². The van der Waals surface area contributed by atoms with Gasteiger partial charge in [0, 0.05) is 56.9 Å². The Hall–Kier alpha value is -0.570. The number of halogens is 2. The van der Waals surface area contributed by atoms with Crippen LogP contribution in [0.4, 0.5) is 0 Å². The van der Waals surface area contributed by atoms with E-state index >= 15 is 0 Å². The van der Waals surface area contributed by atoms with Crippen molar-refractivity contribution in [1.29, 1.82) is 0 Å². The smallest absolute Gasteiger partial charge is 0.191 e. The molecule has 3 heterocycles. The van der Waals surface area contributed by atoms with E-state index in [1.165, 1.54) is 31.7 Å². The van der Waals surface area contributed by atoms with Gasteiger partial charge in [-0.1, -0.05) is 23.7 Å². The lowest BCUT2D eigenvalue weighted by Gasteiger charge is -2.47. The lowest BCUT2D eigenvalue weighted by molar-refractivity contribution is 0.0174. The third kappa shape index (κ3) is 6.27. The van der Waals surface area contributed by atoms with Crippen LogP contribution in [0.25, 0.3) is 0 Å². The summed E-state index contributed by atoms with van der Waals surface area (Å²) in [7, 11) is 0. The summed E-state index contributed by atoms with van der Waals surface area (Å²) in [4.78, 5) is 9.95. The van der Waals surface area contributed by atoms with Crippen molar-refractivity contribution in [3.8, 4) is 0 Å². The summed E-state index contributed by atoms with van der Waals surface area (Å²) in [6.45, 7) is 10.7. The van der Waals surface area contributed by atoms with E-state index in [9.17, 15) is 0 Å². The van der Waals surface area contributed by atoms with E-state index < -0.39 is 0 Å². The monoisotopic (exact) mass is 477 g/mol. The predicted octanol–water partition coefficient (Wildman–Crippen LogP) is 2.06. The van der Waals surface area contributed by atoms with E-state index in [1.807, 2.05) is 12.1 Å². The quantitative estimate of drug-likeness (QED) is 0.374. The summed E-state index contributed by atoms with van der Waals surface area (Å²) in [5.74, 6) is 0.920. The summed E-state index contributed by atoms with van der Waals surface area (Å²) in [6.07, 6.45) is 0.963. The third-order valence-electron chi connectivity index (χ3n) is 4.82. The summed E-state index contributed by atoms with van der Waals surface area (Å²) >= 11 is 5.93. The molecule has 25 heavy (non-hydrogen) atoms. The molecule has 0 saturated carbocycles. The molecular weight excluding hydrogens is 449 g/mol. The van der Waals surface area contributed by atoms with Crippen molar-refractivity contribution >= 4 is 41.5 Å². The second-order valence-electron chi connectivity index (χ2n) is 6.51. The Morgan fingerprint density at radius 2 is 1.88 bits per heavy atom. The van der Waals surface area contributed by atoms with Gasteiger partial charge in [-0.05, 0) is 31.0 Å². The fourth-order valence-corrected chi connectivity index (χ4v) is 3.54. The summed E-state index contributed by atoms with van der Waals surface area (Å²) in [5, 5.41) is 7.57. The van der Waals surface area contributed by atoms with Gasteiger partial charge in [-0.25, -0.2) is 0 Å². The SMILES string of the molecule is CCNC(=NCC1CN2CCN1CC2)NCCc1ccc(Cl)cc1.I. The van der Waals surface area contributed by atoms with Crippen molar-refractivity contribution in [2.75, 3.05) is 52.4 Å². The predicted molar refractivity (Wildman–Crippen MR) is 116 cm³/mol. The summed E-state index contributed by atoms with van der Waals surface area (Å²) < 4.78 is 0. The number of guanidine groups is 1. The van der Waals surface area contributed by atoms with Gasteiger partial charge >= 0.3 is 0 Å². The topological polar surface area (TPSA) is 42.9 Å². The minimum absolute atomic E-state index is 0. The molecule has 5 nitrogen and oxygen atoms in total. The van der Waals surface area contributed by atoms with Crippen LogP contribution in [0.2, 0.25) is 5.02 Å². The first-order valence-corrected chi connectivity index (χ1v) is 9.35. The number of hydrogen-bond donors (Lipinski definition) is 2. The normalized spacial score (nSPS) is 25.4. The Morgan fingerprint density at radius 3 is 2.48 bits per heavy atom. The molecule has 0 aromatic heterocycles. The fourth-order valence-electron chi connectivity index (χ4n) is 3.41. The van der Waals surface area contributed by atoms with Crippen molar-refractivity contribution in [2.45, 2.75) is 19.4 Å². The molecule has 1 unspecified atom stereocenters. The lowest BCUT2D eigenvalue weighted by atomic mass is 10.1. The van der Waals surface area contributed by atoms with Crippen molar-refractivity contribution < 1.29 is 0 Å². The third-order valence-corrected chi connectivity index (χ3v) is 5.07. The standard InChI is InChI=1S/C18H28ClN5.HI/c1-2-20-18(21-8-7-15-3-5-16(19)6-4-15)22-13-17-14-23-9-11-24(17)12-10-23;/h3-6,17H,2,7-14H2,1H3,(H2,20,21,22);1H. The lowest BCUT2D eigenvalue weighted by Crippen LogP contribution is -2.62. The highest BCUT2D eigenvalue weighted by molar-refractivity contribution is 14.0. The molecule has 2 N–H and O–H groups in total. The van der Waals surface area contributed by atoms with Crippen LogP contribution >= 0.6 is 35.6 Å². The number of rotatable bonds is 6. The maximum Gasteiger partial charge on any atom is 0.191 e. The zero-order valence-corrected chi connectivity index (χ0v) is 18.0. The molecule has 3 aliphatic heterocycles. The molecule has 0 spiro atoms. The van der Waals surface area contributed by atoms with Gasteiger partial charge in [0.15, 0.2) is 5.96 Å². The first kappa shape index (κ1) is 20.7. The second-order valence-corrected chi connectivity index (χ2v) is 6.95. The molecule has 0 amide bonds. The molecule has 7 heteroatoms. The highest BCUT2D eigenvalue weighted by atomic mass is 127. The molecule has 1 atom stereocenters. The first-order chi connectivity index (χ1) is 11.7. The molecule has 3 saturated heterocycles. The van der Waals surface area contributed by atoms with Gasteiger partial charge in [0.2, 0.25) is 0 Å². The van der Waals surface area contributed by atoms with Gasteiger partial charge in [0.05, 0.1) is 6.54 Å². The van der Waals surface area contributed by atoms with Crippen LogP contribution < -0.4 is 10.6 Å². The molecule has 2 bridgehead atoms. The van der Waals surface area contributed by atoms with Crippen LogP contribution in [0, 0.1) is 0 Å². The van der Waals surface area contributed by atoms with Crippen LogP contribution in [0.5, 0.6) is 0 Å². The Bertz CT molecular complexity index is 543. The van der Waals surface area contributed by atoms with E-state index in [0.29, 0.717) is 6.04 Å². The van der Waals surface area contributed by atoms with Gasteiger partial charge in [0.25, 0.3) is 0 Å². The van der Waals surface area contributed by atoms with Crippen LogP contribution in [-0.2, 0) is 6.42 Å². The van der Waals surface area contributed by atoms with Crippen molar-refractivity contribution in [2.24, 2.45) is 4.99 Å². The minimum Gasteiger partial charge on any atom is -0.357 e. The second kappa shape index (κ2) is 10.5. The molecule has 0 aliphatic carbocycles. The number of benzene rings is 1. The Morgan fingerprint density at radius 1 is 1.16 bits per heavy atom. The van der Waals surface area contributed by atoms with Gasteiger partial charge in [-0.3, -0.25) is 14.8 Å². The molecule has 140 valence electrons. The maximum absolute atomic E-state index is 5.93. The number of nitrogens with one attached hydrogen (secondary N) is 2. The van der Waals surface area contributed by atoms with E-state index in [2.05, 4.69) is 39.5 Å². The van der Waals surface area contributed by atoms with Crippen LogP contribution in [-0.4, -0.2) is 74.2 Å². The minimum atomic E-state index is 0. The van der Waals surface area contributed by atoms with Gasteiger partial charge in [-0.2, -0.15) is 0 Å². The number of hydrogen-bond acceptors (Lipinski definition) is 3. The highest BCUT2D eigenvalue weighted by Crippen LogP contribution is 2.15. The summed E-state index contributed by atoms with van der Waals surface area (Å²) in [5.41, 5.74) is 1.28.